The molecule has 0 N–H and O–H groups in total. The van der Waals surface area contributed by atoms with Gasteiger partial charge in [0.25, 0.3) is 5.91 Å². The first kappa shape index (κ1) is 15.4. The standard InChI is InChI=1S/C18H21N3O3/c1-23-15-6-7-20(10-15)11-17-19-16(12-24-17)18(22)21-8-13-4-2-3-5-14(13)9-21/h2-5,12,15H,6-11H2,1H3. The van der Waals surface area contributed by atoms with Gasteiger partial charge in [-0.25, -0.2) is 4.98 Å². The van der Waals surface area contributed by atoms with Crippen LogP contribution >= 0.6 is 0 Å². The number of hydrogen-bond acceptors (Lipinski definition) is 5. The number of hydrogen-bond donors (Lipinski definition) is 0. The van der Waals surface area contributed by atoms with E-state index in [9.17, 15) is 4.79 Å². The summed E-state index contributed by atoms with van der Waals surface area (Å²) in [5.74, 6) is 0.518. The summed E-state index contributed by atoms with van der Waals surface area (Å²) in [6, 6.07) is 8.14. The number of rotatable bonds is 4. The smallest absolute Gasteiger partial charge is 0.276 e. The maximum atomic E-state index is 12.6. The lowest BCUT2D eigenvalue weighted by Gasteiger charge is -2.13. The molecule has 2 aromatic rings. The van der Waals surface area contributed by atoms with E-state index in [1.807, 2.05) is 17.0 Å². The van der Waals surface area contributed by atoms with Gasteiger partial charge in [-0.05, 0) is 17.5 Å². The number of fused-ring (bicyclic) bond motifs is 1. The Morgan fingerprint density at radius 1 is 1.33 bits per heavy atom. The number of carbonyl (C=O) groups excluding carboxylic acids is 1. The maximum absolute atomic E-state index is 12.6. The van der Waals surface area contributed by atoms with Crippen molar-refractivity contribution in [1.29, 1.82) is 0 Å². The van der Waals surface area contributed by atoms with Gasteiger partial charge in [-0.15, -0.1) is 0 Å². The van der Waals surface area contributed by atoms with Gasteiger partial charge in [0.05, 0.1) is 12.6 Å². The molecule has 1 aromatic carbocycles. The Morgan fingerprint density at radius 2 is 2.08 bits per heavy atom. The topological polar surface area (TPSA) is 58.8 Å². The Kier molecular flexibility index (Phi) is 4.08. The van der Waals surface area contributed by atoms with Crippen molar-refractivity contribution in [2.75, 3.05) is 20.2 Å². The molecule has 1 atom stereocenters. The van der Waals surface area contributed by atoms with E-state index in [1.165, 1.54) is 17.4 Å². The van der Waals surface area contributed by atoms with E-state index in [-0.39, 0.29) is 12.0 Å². The fraction of sp³-hybridized carbons (Fsp3) is 0.444. The second kappa shape index (κ2) is 6.37. The summed E-state index contributed by atoms with van der Waals surface area (Å²) >= 11 is 0. The molecule has 0 spiro atoms. The summed E-state index contributed by atoms with van der Waals surface area (Å²) in [6.07, 6.45) is 2.78. The Balaban J connectivity index is 1.39. The van der Waals surface area contributed by atoms with Gasteiger partial charge in [-0.2, -0.15) is 0 Å². The van der Waals surface area contributed by atoms with Crippen molar-refractivity contribution in [3.8, 4) is 0 Å². The predicted molar refractivity (Wildman–Crippen MR) is 87.2 cm³/mol. The molecule has 1 amide bonds. The van der Waals surface area contributed by atoms with Gasteiger partial charge < -0.3 is 14.1 Å². The summed E-state index contributed by atoms with van der Waals surface area (Å²) in [5.41, 5.74) is 2.80. The highest BCUT2D eigenvalue weighted by Gasteiger charge is 2.27. The maximum Gasteiger partial charge on any atom is 0.276 e. The number of oxazole rings is 1. The van der Waals surface area contributed by atoms with Gasteiger partial charge in [-0.1, -0.05) is 24.3 Å². The summed E-state index contributed by atoms with van der Waals surface area (Å²) in [6.45, 7) is 3.74. The van der Waals surface area contributed by atoms with Gasteiger partial charge in [0.15, 0.2) is 5.69 Å². The number of ether oxygens (including phenoxy) is 1. The van der Waals surface area contributed by atoms with Gasteiger partial charge in [-0.3, -0.25) is 9.69 Å². The first-order valence-corrected chi connectivity index (χ1v) is 8.28. The van der Waals surface area contributed by atoms with E-state index >= 15 is 0 Å². The van der Waals surface area contributed by atoms with Crippen molar-refractivity contribution in [3.05, 3.63) is 53.2 Å². The highest BCUT2D eigenvalue weighted by Crippen LogP contribution is 2.24. The van der Waals surface area contributed by atoms with Crippen LogP contribution in [0.1, 0.15) is 33.9 Å². The van der Waals surface area contributed by atoms with E-state index in [0.717, 1.165) is 19.5 Å². The lowest BCUT2D eigenvalue weighted by Crippen LogP contribution is -2.26. The van der Waals surface area contributed by atoms with E-state index in [4.69, 9.17) is 9.15 Å². The minimum atomic E-state index is -0.0719. The zero-order chi connectivity index (χ0) is 16.5. The molecule has 1 fully saturated rings. The van der Waals surface area contributed by atoms with E-state index in [1.54, 1.807) is 7.11 Å². The third kappa shape index (κ3) is 2.95. The molecule has 6 nitrogen and oxygen atoms in total. The Morgan fingerprint density at radius 3 is 2.75 bits per heavy atom. The minimum Gasteiger partial charge on any atom is -0.447 e. The fourth-order valence-electron chi connectivity index (χ4n) is 3.44. The highest BCUT2D eigenvalue weighted by molar-refractivity contribution is 5.92. The van der Waals surface area contributed by atoms with Gasteiger partial charge in [0.2, 0.25) is 5.89 Å². The van der Waals surface area contributed by atoms with Crippen LogP contribution in [-0.2, 0) is 24.4 Å². The van der Waals surface area contributed by atoms with Crippen LogP contribution < -0.4 is 0 Å². The molecule has 0 saturated carbocycles. The molecule has 0 radical (unpaired) electrons. The number of carbonyl (C=O) groups is 1. The van der Waals surface area contributed by atoms with Crippen LogP contribution in [0, 0.1) is 0 Å². The first-order valence-electron chi connectivity index (χ1n) is 8.28. The third-order valence-electron chi connectivity index (χ3n) is 4.82. The van der Waals surface area contributed by atoms with E-state index in [0.29, 0.717) is 31.2 Å². The van der Waals surface area contributed by atoms with Crippen molar-refractivity contribution in [1.82, 2.24) is 14.8 Å². The second-order valence-electron chi connectivity index (χ2n) is 6.44. The van der Waals surface area contributed by atoms with Crippen molar-refractivity contribution in [3.63, 3.8) is 0 Å². The molecule has 0 bridgehead atoms. The molecule has 126 valence electrons. The molecule has 4 rings (SSSR count). The molecule has 1 aromatic heterocycles. The minimum absolute atomic E-state index is 0.0719. The van der Waals surface area contributed by atoms with Gasteiger partial charge in [0, 0.05) is 33.3 Å². The molecule has 1 unspecified atom stereocenters. The predicted octanol–water partition coefficient (Wildman–Crippen LogP) is 2.05. The number of benzene rings is 1. The van der Waals surface area contributed by atoms with E-state index in [2.05, 4.69) is 22.0 Å². The molecule has 6 heteroatoms. The molecule has 2 aliphatic heterocycles. The van der Waals surface area contributed by atoms with Crippen LogP contribution in [0.4, 0.5) is 0 Å². The highest BCUT2D eigenvalue weighted by atomic mass is 16.5. The molecule has 1 saturated heterocycles. The van der Waals surface area contributed by atoms with E-state index < -0.39 is 0 Å². The fourth-order valence-corrected chi connectivity index (χ4v) is 3.44. The summed E-state index contributed by atoms with van der Waals surface area (Å²) < 4.78 is 10.9. The number of amides is 1. The van der Waals surface area contributed by atoms with Crippen LogP contribution in [0.2, 0.25) is 0 Å². The SMILES string of the molecule is COC1CCN(Cc2nc(C(=O)N3Cc4ccccc4C3)co2)C1. The number of nitrogens with zero attached hydrogens (tertiary/aromatic N) is 3. The van der Waals surface area contributed by atoms with Gasteiger partial charge >= 0.3 is 0 Å². The van der Waals surface area contributed by atoms with Crippen LogP contribution in [0.25, 0.3) is 0 Å². The zero-order valence-corrected chi connectivity index (χ0v) is 13.8. The van der Waals surface area contributed by atoms with Crippen LogP contribution in [0.5, 0.6) is 0 Å². The van der Waals surface area contributed by atoms with Crippen LogP contribution in [0.15, 0.2) is 34.9 Å². The monoisotopic (exact) mass is 327 g/mol. The Labute approximate surface area is 141 Å². The number of aromatic nitrogens is 1. The Hall–Kier alpha value is -2.18. The normalized spacial score (nSPS) is 20.5. The average Bonchev–Trinajstić information content (AvgIpc) is 3.33. The van der Waals surface area contributed by atoms with Crippen LogP contribution in [-0.4, -0.2) is 47.0 Å². The lowest BCUT2D eigenvalue weighted by atomic mass is 10.1. The molecular formula is C18H21N3O3. The quantitative estimate of drug-likeness (QED) is 0.860. The van der Waals surface area contributed by atoms with Crippen molar-refractivity contribution >= 4 is 5.91 Å². The summed E-state index contributed by atoms with van der Waals surface area (Å²) in [4.78, 5) is 21.1. The molecular weight excluding hydrogens is 306 g/mol. The first-order chi connectivity index (χ1) is 11.7. The summed E-state index contributed by atoms with van der Waals surface area (Å²) in [5, 5.41) is 0. The summed E-state index contributed by atoms with van der Waals surface area (Å²) in [7, 11) is 1.74. The molecule has 0 aliphatic carbocycles. The molecule has 24 heavy (non-hydrogen) atoms. The average molecular weight is 327 g/mol. The largest absolute Gasteiger partial charge is 0.447 e. The van der Waals surface area contributed by atoms with Gasteiger partial charge in [0.1, 0.15) is 6.26 Å². The number of methoxy groups -OCH3 is 1. The third-order valence-corrected chi connectivity index (χ3v) is 4.82. The second-order valence-corrected chi connectivity index (χ2v) is 6.44. The number of likely N-dealkylation sites (tertiary alicyclic amines) is 1. The molecule has 2 aliphatic rings. The molecule has 3 heterocycles. The van der Waals surface area contributed by atoms with Crippen LogP contribution in [0.3, 0.4) is 0 Å². The lowest BCUT2D eigenvalue weighted by molar-refractivity contribution is 0.0745. The van der Waals surface area contributed by atoms with Crippen molar-refractivity contribution in [2.24, 2.45) is 0 Å². The van der Waals surface area contributed by atoms with Crippen molar-refractivity contribution < 1.29 is 13.9 Å². The Bertz CT molecular complexity index is 718. The van der Waals surface area contributed by atoms with Crippen molar-refractivity contribution in [2.45, 2.75) is 32.2 Å². The zero-order valence-electron chi connectivity index (χ0n) is 13.8.